The lowest BCUT2D eigenvalue weighted by molar-refractivity contribution is -0.111. The van der Waals surface area contributed by atoms with Gasteiger partial charge < -0.3 is 25.2 Å². The number of alkyl carbamates (subject to hydrolysis) is 1. The molecule has 12 heteroatoms. The average Bonchev–Trinajstić information content (AvgIpc) is 3.59. The molecule has 3 aromatic rings. The number of rotatable bonds is 11. The van der Waals surface area contributed by atoms with Gasteiger partial charge in [0.25, 0.3) is 0 Å². The number of allylic oxidation sites excluding steroid dienone is 1. The van der Waals surface area contributed by atoms with Gasteiger partial charge >= 0.3 is 6.09 Å². The second-order valence-electron chi connectivity index (χ2n) is 14.1. The minimum Gasteiger partial charge on any atom is -0.453 e. The van der Waals surface area contributed by atoms with Crippen molar-refractivity contribution in [1.82, 2.24) is 10.2 Å². The normalized spacial score (nSPS) is 21.2. The molecule has 10 nitrogen and oxygen atoms in total. The van der Waals surface area contributed by atoms with Gasteiger partial charge in [-0.25, -0.2) is 17.6 Å². The Balaban J connectivity index is 1.06. The van der Waals surface area contributed by atoms with E-state index in [0.29, 0.717) is 17.2 Å². The fourth-order valence-corrected chi connectivity index (χ4v) is 9.81. The quantitative estimate of drug-likeness (QED) is 0.220. The summed E-state index contributed by atoms with van der Waals surface area (Å²) in [6.07, 6.45) is 6.46. The summed E-state index contributed by atoms with van der Waals surface area (Å²) in [6.45, 7) is 6.02. The molecule has 0 radical (unpaired) electrons. The summed E-state index contributed by atoms with van der Waals surface area (Å²) in [6, 6.07) is 22.1. The van der Waals surface area contributed by atoms with Gasteiger partial charge in [-0.1, -0.05) is 30.7 Å². The maximum atomic E-state index is 14.6. The highest BCUT2D eigenvalue weighted by molar-refractivity contribution is 7.91. The largest absolute Gasteiger partial charge is 0.453 e. The smallest absolute Gasteiger partial charge is 0.407 e. The Hall–Kier alpha value is -4.73. The first-order valence-corrected chi connectivity index (χ1v) is 19.4. The predicted molar refractivity (Wildman–Crippen MR) is 197 cm³/mol. The fourth-order valence-electron chi connectivity index (χ4n) is 8.51. The Morgan fingerprint density at radius 3 is 2.40 bits per heavy atom. The lowest BCUT2D eigenvalue weighted by Gasteiger charge is -2.48. The zero-order chi connectivity index (χ0) is 36.9. The highest BCUT2D eigenvalue weighted by Gasteiger charge is 2.52. The maximum Gasteiger partial charge on any atom is 0.407 e. The van der Waals surface area contributed by atoms with Crippen molar-refractivity contribution in [2.24, 2.45) is 17.8 Å². The summed E-state index contributed by atoms with van der Waals surface area (Å²) in [5, 5.41) is 16.6. The molecule has 2 heterocycles. The third kappa shape index (κ3) is 7.71. The second kappa shape index (κ2) is 15.9. The minimum absolute atomic E-state index is 0.00715. The van der Waals surface area contributed by atoms with E-state index in [0.717, 1.165) is 70.5 Å². The third-order valence-electron chi connectivity index (χ3n) is 11.0. The van der Waals surface area contributed by atoms with Crippen LogP contribution in [-0.2, 0) is 24.8 Å². The van der Waals surface area contributed by atoms with Crippen molar-refractivity contribution < 1.29 is 27.1 Å². The Morgan fingerprint density at radius 2 is 1.73 bits per heavy atom. The highest BCUT2D eigenvalue weighted by Crippen LogP contribution is 2.50. The van der Waals surface area contributed by atoms with E-state index in [1.54, 1.807) is 43.3 Å². The summed E-state index contributed by atoms with van der Waals surface area (Å²) < 4.78 is 46.3. The van der Waals surface area contributed by atoms with Crippen LogP contribution in [0.25, 0.3) is 0 Å². The van der Waals surface area contributed by atoms with Gasteiger partial charge in [0.15, 0.2) is 0 Å². The third-order valence-corrected chi connectivity index (χ3v) is 12.8. The molecule has 2 amide bonds. The summed E-state index contributed by atoms with van der Waals surface area (Å²) in [4.78, 5) is 29.1. The molecule has 1 aliphatic carbocycles. The van der Waals surface area contributed by atoms with Gasteiger partial charge in [0.2, 0.25) is 15.7 Å². The number of halogens is 1. The van der Waals surface area contributed by atoms with Crippen LogP contribution in [0.3, 0.4) is 0 Å². The molecule has 3 aliphatic rings. The van der Waals surface area contributed by atoms with E-state index in [4.69, 9.17) is 4.74 Å². The lowest BCUT2D eigenvalue weighted by Crippen LogP contribution is -2.55. The Kier molecular flexibility index (Phi) is 11.3. The molecule has 3 atom stereocenters. The monoisotopic (exact) mass is 727 g/mol. The van der Waals surface area contributed by atoms with Crippen LogP contribution >= 0.6 is 0 Å². The summed E-state index contributed by atoms with van der Waals surface area (Å²) in [5.74, 6) is -0.393. The molecule has 2 saturated heterocycles. The lowest BCUT2D eigenvalue weighted by atomic mass is 9.59. The number of nitrogens with zero attached hydrogens (tertiary/aromatic N) is 3. The van der Waals surface area contributed by atoms with Crippen molar-refractivity contribution in [3.8, 4) is 6.07 Å². The average molecular weight is 728 g/mol. The summed E-state index contributed by atoms with van der Waals surface area (Å²) in [7, 11) is -2.44. The molecule has 1 saturated carbocycles. The number of benzene rings is 3. The molecule has 52 heavy (non-hydrogen) atoms. The number of carbonyl (C=O) groups is 2. The molecule has 0 spiro atoms. The second-order valence-corrected chi connectivity index (χ2v) is 16.1. The SMILES string of the molecule is C/C=C/C(=O)Nc1cccc(S(=O)(=O)c2ccc(N3CC(CN4CCC([C@@](C#N)(c5cccc(F)c5)[C@H]5CCC[C@@H]5NC(=O)OC)CC4)C3)cc2)c1. The van der Waals surface area contributed by atoms with Crippen LogP contribution in [-0.4, -0.2) is 71.2 Å². The number of nitrogens with one attached hydrogen (secondary N) is 2. The number of amides is 2. The van der Waals surface area contributed by atoms with Crippen LogP contribution in [0.2, 0.25) is 0 Å². The first-order valence-electron chi connectivity index (χ1n) is 18.0. The Labute approximate surface area is 305 Å². The number of hydrogen-bond donors (Lipinski definition) is 2. The highest BCUT2D eigenvalue weighted by atomic mass is 32.2. The number of sulfone groups is 1. The van der Waals surface area contributed by atoms with E-state index < -0.39 is 21.3 Å². The van der Waals surface area contributed by atoms with Gasteiger partial charge in [-0.3, -0.25) is 4.79 Å². The van der Waals surface area contributed by atoms with Crippen molar-refractivity contribution in [1.29, 1.82) is 5.26 Å². The topological polar surface area (TPSA) is 132 Å². The summed E-state index contributed by atoms with van der Waals surface area (Å²) in [5.41, 5.74) is 1.12. The standard InChI is InChI=1S/C40H46FN5O5S/c1-3-7-38(47)43-32-10-5-11-35(23-32)52(49,50)34-16-14-33(15-17-34)46-25-28(26-46)24-45-20-18-29(19-21-45)40(27-42,30-8-4-9-31(41)22-30)36-12-6-13-37(36)44-39(48)51-2/h3-5,7-11,14-17,22-23,28-29,36-37H,6,12-13,18-21,24-26H2,1-2H3,(H,43,47)(H,44,48)/b7-3+/t36-,37-,40-/m0/s1. The van der Waals surface area contributed by atoms with Crippen LogP contribution in [0.1, 0.15) is 44.6 Å². The zero-order valence-electron chi connectivity index (χ0n) is 29.6. The van der Waals surface area contributed by atoms with Crippen LogP contribution in [0.4, 0.5) is 20.6 Å². The minimum atomic E-state index is -3.78. The molecule has 2 N–H and O–H groups in total. The van der Waals surface area contributed by atoms with Crippen LogP contribution in [0.5, 0.6) is 0 Å². The van der Waals surface area contributed by atoms with Gasteiger partial charge in [-0.2, -0.15) is 5.26 Å². The molecule has 2 aliphatic heterocycles. The molecule has 0 unspecified atom stereocenters. The fraction of sp³-hybridized carbons (Fsp3) is 0.425. The van der Waals surface area contributed by atoms with E-state index in [1.165, 1.54) is 37.5 Å². The van der Waals surface area contributed by atoms with Crippen molar-refractivity contribution in [3.63, 3.8) is 0 Å². The molecule has 6 rings (SSSR count). The Bertz CT molecular complexity index is 1930. The maximum absolute atomic E-state index is 14.6. The van der Waals surface area contributed by atoms with Gasteiger partial charge in [0, 0.05) is 48.9 Å². The van der Waals surface area contributed by atoms with Crippen molar-refractivity contribution >= 4 is 33.2 Å². The zero-order valence-corrected chi connectivity index (χ0v) is 30.4. The molecule has 274 valence electrons. The van der Waals surface area contributed by atoms with Crippen molar-refractivity contribution in [2.75, 3.05) is 50.1 Å². The number of piperidine rings is 1. The van der Waals surface area contributed by atoms with E-state index in [9.17, 15) is 27.7 Å². The van der Waals surface area contributed by atoms with E-state index in [2.05, 4.69) is 26.5 Å². The molecule has 0 aromatic heterocycles. The van der Waals surface area contributed by atoms with Gasteiger partial charge in [0.1, 0.15) is 5.82 Å². The van der Waals surface area contributed by atoms with Crippen molar-refractivity contribution in [3.05, 3.63) is 96.3 Å². The number of anilines is 2. The van der Waals surface area contributed by atoms with Gasteiger partial charge in [-0.05, 0) is 118 Å². The number of likely N-dealkylation sites (tertiary alicyclic amines) is 1. The first kappa shape index (κ1) is 37.0. The van der Waals surface area contributed by atoms with E-state index >= 15 is 0 Å². The van der Waals surface area contributed by atoms with E-state index in [1.807, 2.05) is 18.2 Å². The van der Waals surface area contributed by atoms with Crippen LogP contribution in [0.15, 0.2) is 94.7 Å². The molecule has 3 aromatic carbocycles. The summed E-state index contributed by atoms with van der Waals surface area (Å²) >= 11 is 0. The van der Waals surface area contributed by atoms with Crippen molar-refractivity contribution in [2.45, 2.75) is 60.3 Å². The molecular weight excluding hydrogens is 682 g/mol. The van der Waals surface area contributed by atoms with Gasteiger partial charge in [0.05, 0.1) is 28.4 Å². The number of hydrogen-bond acceptors (Lipinski definition) is 8. The molecule has 0 bridgehead atoms. The predicted octanol–water partition coefficient (Wildman–Crippen LogP) is 6.31. The number of nitriles is 1. The molecule has 3 fully saturated rings. The number of methoxy groups -OCH3 is 1. The van der Waals surface area contributed by atoms with Crippen LogP contribution < -0.4 is 15.5 Å². The van der Waals surface area contributed by atoms with E-state index in [-0.39, 0.29) is 39.4 Å². The Morgan fingerprint density at radius 1 is 1.00 bits per heavy atom. The van der Waals surface area contributed by atoms with Crippen LogP contribution in [0, 0.1) is 34.9 Å². The number of ether oxygens (including phenoxy) is 1. The first-order chi connectivity index (χ1) is 25.1. The van der Waals surface area contributed by atoms with Gasteiger partial charge in [-0.15, -0.1) is 0 Å². The molecular formula is C40H46FN5O5S. The number of carbonyl (C=O) groups excluding carboxylic acids is 2.